The molecule has 0 atom stereocenters. The topological polar surface area (TPSA) is 94.1 Å². The van der Waals surface area contributed by atoms with Crippen LogP contribution in [0, 0.1) is 0 Å². The molecule has 0 saturated heterocycles. The van der Waals surface area contributed by atoms with Crippen LogP contribution >= 0.6 is 15.9 Å². The van der Waals surface area contributed by atoms with Gasteiger partial charge < -0.3 is 20.4 Å². The standard InChI is InChI=1S/C11H13BrN2O4/c1-2-17-9-4-7(5-14-16)3-8(12)11(9)18-6-10(13)15/h3-5,16H,2,6H2,1H3,(H2,13,15)/b14-5-. The summed E-state index contributed by atoms with van der Waals surface area (Å²) in [5.74, 6) is 0.235. The van der Waals surface area contributed by atoms with Crippen molar-refractivity contribution in [2.45, 2.75) is 6.92 Å². The van der Waals surface area contributed by atoms with E-state index in [0.29, 0.717) is 28.1 Å². The molecular weight excluding hydrogens is 304 g/mol. The lowest BCUT2D eigenvalue weighted by molar-refractivity contribution is -0.119. The summed E-state index contributed by atoms with van der Waals surface area (Å²) in [4.78, 5) is 10.7. The Balaban J connectivity index is 3.09. The number of nitrogens with two attached hydrogens (primary N) is 1. The fourth-order valence-electron chi connectivity index (χ4n) is 1.28. The zero-order valence-corrected chi connectivity index (χ0v) is 11.3. The second kappa shape index (κ2) is 6.85. The van der Waals surface area contributed by atoms with Gasteiger partial charge in [0.2, 0.25) is 0 Å². The van der Waals surface area contributed by atoms with Crippen molar-refractivity contribution >= 4 is 28.1 Å². The van der Waals surface area contributed by atoms with Crippen molar-refractivity contribution in [2.24, 2.45) is 10.9 Å². The zero-order chi connectivity index (χ0) is 13.5. The number of hydrogen-bond donors (Lipinski definition) is 2. The van der Waals surface area contributed by atoms with Crippen molar-refractivity contribution in [3.63, 3.8) is 0 Å². The first kappa shape index (κ1) is 14.3. The van der Waals surface area contributed by atoms with E-state index in [9.17, 15) is 4.79 Å². The Labute approximate surface area is 112 Å². The van der Waals surface area contributed by atoms with E-state index in [1.54, 1.807) is 12.1 Å². The molecule has 98 valence electrons. The van der Waals surface area contributed by atoms with E-state index >= 15 is 0 Å². The molecule has 0 saturated carbocycles. The summed E-state index contributed by atoms with van der Waals surface area (Å²) in [7, 11) is 0. The quantitative estimate of drug-likeness (QED) is 0.472. The zero-order valence-electron chi connectivity index (χ0n) is 9.72. The number of carbonyl (C=O) groups excluding carboxylic acids is 1. The predicted molar refractivity (Wildman–Crippen MR) is 69.4 cm³/mol. The Morgan fingerprint density at radius 1 is 1.56 bits per heavy atom. The van der Waals surface area contributed by atoms with Crippen LogP contribution in [0.2, 0.25) is 0 Å². The molecule has 0 aliphatic heterocycles. The molecule has 3 N–H and O–H groups in total. The van der Waals surface area contributed by atoms with Gasteiger partial charge in [-0.05, 0) is 35.0 Å². The van der Waals surface area contributed by atoms with E-state index in [1.165, 1.54) is 6.21 Å². The number of primary amides is 1. The second-order valence-electron chi connectivity index (χ2n) is 3.26. The lowest BCUT2D eigenvalue weighted by atomic mass is 10.2. The highest BCUT2D eigenvalue weighted by molar-refractivity contribution is 9.10. The summed E-state index contributed by atoms with van der Waals surface area (Å²) >= 11 is 3.29. The third kappa shape index (κ3) is 3.92. The molecule has 1 amide bonds. The molecule has 0 unspecified atom stereocenters. The van der Waals surface area contributed by atoms with Gasteiger partial charge in [0.25, 0.3) is 5.91 Å². The number of rotatable bonds is 6. The van der Waals surface area contributed by atoms with Crippen molar-refractivity contribution in [1.29, 1.82) is 0 Å². The van der Waals surface area contributed by atoms with Gasteiger partial charge >= 0.3 is 0 Å². The fourth-order valence-corrected chi connectivity index (χ4v) is 1.85. The fraction of sp³-hybridized carbons (Fsp3) is 0.273. The lowest BCUT2D eigenvalue weighted by Gasteiger charge is -2.13. The number of halogens is 1. The van der Waals surface area contributed by atoms with Gasteiger partial charge in [-0.15, -0.1) is 0 Å². The summed E-state index contributed by atoms with van der Waals surface area (Å²) < 4.78 is 11.2. The smallest absolute Gasteiger partial charge is 0.255 e. The number of carbonyl (C=O) groups is 1. The van der Waals surface area contributed by atoms with Gasteiger partial charge in [0.1, 0.15) is 0 Å². The summed E-state index contributed by atoms with van der Waals surface area (Å²) in [5.41, 5.74) is 5.64. The Hall–Kier alpha value is -1.76. The summed E-state index contributed by atoms with van der Waals surface area (Å²) in [5, 5.41) is 11.4. The van der Waals surface area contributed by atoms with E-state index in [0.717, 1.165) is 0 Å². The Kier molecular flexibility index (Phi) is 5.44. The minimum Gasteiger partial charge on any atom is -0.490 e. The number of ether oxygens (including phenoxy) is 2. The number of hydrogen-bond acceptors (Lipinski definition) is 5. The highest BCUT2D eigenvalue weighted by atomic mass is 79.9. The van der Waals surface area contributed by atoms with Gasteiger partial charge in [-0.1, -0.05) is 5.16 Å². The molecule has 0 heterocycles. The van der Waals surface area contributed by atoms with Crippen LogP contribution in [0.15, 0.2) is 21.8 Å². The van der Waals surface area contributed by atoms with Crippen LogP contribution in [0.25, 0.3) is 0 Å². The highest BCUT2D eigenvalue weighted by Gasteiger charge is 2.12. The van der Waals surface area contributed by atoms with Gasteiger partial charge in [0, 0.05) is 5.56 Å². The number of nitrogens with zero attached hydrogens (tertiary/aromatic N) is 1. The van der Waals surface area contributed by atoms with Crippen LogP contribution in [-0.4, -0.2) is 30.5 Å². The highest BCUT2D eigenvalue weighted by Crippen LogP contribution is 2.36. The molecule has 1 aromatic rings. The molecular formula is C11H13BrN2O4. The van der Waals surface area contributed by atoms with Crippen LogP contribution in [0.5, 0.6) is 11.5 Å². The molecule has 1 aromatic carbocycles. The third-order valence-corrected chi connectivity index (χ3v) is 2.49. The van der Waals surface area contributed by atoms with E-state index in [4.69, 9.17) is 20.4 Å². The molecule has 6 nitrogen and oxygen atoms in total. The van der Waals surface area contributed by atoms with Gasteiger partial charge in [-0.2, -0.15) is 0 Å². The van der Waals surface area contributed by atoms with Crippen LogP contribution in [0.3, 0.4) is 0 Å². The maximum atomic E-state index is 10.7. The van der Waals surface area contributed by atoms with E-state index in [-0.39, 0.29) is 6.61 Å². The average molecular weight is 317 g/mol. The van der Waals surface area contributed by atoms with Gasteiger partial charge in [0.15, 0.2) is 18.1 Å². The van der Waals surface area contributed by atoms with E-state index in [1.807, 2.05) is 6.92 Å². The van der Waals surface area contributed by atoms with Crippen molar-refractivity contribution in [2.75, 3.05) is 13.2 Å². The minimum absolute atomic E-state index is 0.244. The number of benzene rings is 1. The SMILES string of the molecule is CCOc1cc(/C=N\O)cc(Br)c1OCC(N)=O. The van der Waals surface area contributed by atoms with Crippen LogP contribution in [-0.2, 0) is 4.79 Å². The van der Waals surface area contributed by atoms with Crippen LogP contribution in [0.1, 0.15) is 12.5 Å². The van der Waals surface area contributed by atoms with Crippen molar-refractivity contribution in [1.82, 2.24) is 0 Å². The first-order valence-electron chi connectivity index (χ1n) is 5.13. The molecule has 0 fully saturated rings. The molecule has 0 radical (unpaired) electrons. The molecule has 0 aliphatic rings. The molecule has 18 heavy (non-hydrogen) atoms. The largest absolute Gasteiger partial charge is 0.490 e. The summed E-state index contributed by atoms with van der Waals surface area (Å²) in [6.45, 7) is 2.00. The maximum Gasteiger partial charge on any atom is 0.255 e. The first-order valence-corrected chi connectivity index (χ1v) is 5.92. The van der Waals surface area contributed by atoms with Crippen molar-refractivity contribution in [3.8, 4) is 11.5 Å². The Morgan fingerprint density at radius 3 is 2.83 bits per heavy atom. The minimum atomic E-state index is -0.578. The summed E-state index contributed by atoms with van der Waals surface area (Å²) in [6.07, 6.45) is 1.26. The number of oxime groups is 1. The van der Waals surface area contributed by atoms with Crippen molar-refractivity contribution in [3.05, 3.63) is 22.2 Å². The van der Waals surface area contributed by atoms with Crippen LogP contribution in [0.4, 0.5) is 0 Å². The third-order valence-electron chi connectivity index (χ3n) is 1.90. The first-order chi connectivity index (χ1) is 8.58. The van der Waals surface area contributed by atoms with Gasteiger partial charge in [-0.3, -0.25) is 4.79 Å². The van der Waals surface area contributed by atoms with E-state index < -0.39 is 5.91 Å². The lowest BCUT2D eigenvalue weighted by Crippen LogP contribution is -2.20. The summed E-state index contributed by atoms with van der Waals surface area (Å²) in [6, 6.07) is 3.29. The normalized spacial score (nSPS) is 10.6. The Morgan fingerprint density at radius 2 is 2.28 bits per heavy atom. The molecule has 7 heteroatoms. The van der Waals surface area contributed by atoms with Crippen molar-refractivity contribution < 1.29 is 19.5 Å². The molecule has 1 rings (SSSR count). The molecule has 0 spiro atoms. The maximum absolute atomic E-state index is 10.7. The molecule has 0 bridgehead atoms. The second-order valence-corrected chi connectivity index (χ2v) is 4.12. The van der Waals surface area contributed by atoms with Crippen LogP contribution < -0.4 is 15.2 Å². The molecule has 0 aliphatic carbocycles. The van der Waals surface area contributed by atoms with E-state index in [2.05, 4.69) is 21.1 Å². The van der Waals surface area contributed by atoms with Gasteiger partial charge in [-0.25, -0.2) is 0 Å². The molecule has 0 aromatic heterocycles. The number of amides is 1. The average Bonchev–Trinajstić information content (AvgIpc) is 2.28. The van der Waals surface area contributed by atoms with Gasteiger partial charge in [0.05, 0.1) is 17.3 Å². The predicted octanol–water partition coefficient (Wildman–Crippen LogP) is 1.52. The monoisotopic (exact) mass is 316 g/mol. The Bertz CT molecular complexity index is 463.